The molecule has 4 aliphatic heterocycles. The number of carbonyl (C=O) groups is 2. The van der Waals surface area contributed by atoms with Crippen molar-refractivity contribution in [3.63, 3.8) is 0 Å². The molecule has 2 aromatic rings. The SMILES string of the molecule is CO[C@H]1[C@@H](O)[C@@H](C)O[C@@H](O[C@@H]2[C@@H](C)O[C@@H](O[C@H]3[C@@H](OC)C[C@H](O[C@H]4[C@@H](OC)C[C@H](O[C@H]5CC[C@@]6(C)C(=CC[C@]7(O)[C@@H]6C[C@@H](OC(=O)/C=C\c6ccccc6)[C@@]6(C)[C@]7(O)CC[C@]6(O)[C@H](C)OC(=O)c6ccccc6)C5)O[C@@H]4C)O[C@@H]3C)C[C@H]2OC)[C@@H]1O. The molecule has 0 aromatic heterocycles. The molecule has 21 heteroatoms. The molecular formula is C65H92O21. The number of benzene rings is 2. The van der Waals surface area contributed by atoms with Crippen LogP contribution in [0.25, 0.3) is 6.08 Å². The molecule has 8 aliphatic rings. The van der Waals surface area contributed by atoms with Crippen LogP contribution in [0.2, 0.25) is 0 Å². The third-order valence-electron chi connectivity index (χ3n) is 21.1. The summed E-state index contributed by atoms with van der Waals surface area (Å²) < 4.78 is 87.5. The van der Waals surface area contributed by atoms with Crippen LogP contribution in [0.3, 0.4) is 0 Å². The maximum Gasteiger partial charge on any atom is 0.338 e. The topological polar surface area (TPSA) is 265 Å². The highest BCUT2D eigenvalue weighted by Crippen LogP contribution is 2.71. The highest BCUT2D eigenvalue weighted by Gasteiger charge is 2.81. The Morgan fingerprint density at radius 2 is 1.19 bits per heavy atom. The third kappa shape index (κ3) is 11.9. The zero-order valence-corrected chi connectivity index (χ0v) is 51.5. The Balaban J connectivity index is 0.776. The molecule has 3 saturated carbocycles. The van der Waals surface area contributed by atoms with Crippen LogP contribution in [0, 0.1) is 16.7 Å². The van der Waals surface area contributed by atoms with Crippen molar-refractivity contribution < 1.29 is 101 Å². The quantitative estimate of drug-likeness (QED) is 0.0664. The predicted molar refractivity (Wildman–Crippen MR) is 308 cm³/mol. The van der Waals surface area contributed by atoms with Crippen LogP contribution in [0.5, 0.6) is 0 Å². The van der Waals surface area contributed by atoms with Crippen LogP contribution in [0.1, 0.15) is 129 Å². The summed E-state index contributed by atoms with van der Waals surface area (Å²) in [5, 5.41) is 61.3. The number of methoxy groups -OCH3 is 4. The summed E-state index contributed by atoms with van der Waals surface area (Å²) in [7, 11) is 6.24. The molecule has 4 saturated heterocycles. The molecule has 0 unspecified atom stereocenters. The van der Waals surface area contributed by atoms with E-state index < -0.39 is 162 Å². The van der Waals surface area contributed by atoms with E-state index in [9.17, 15) is 35.1 Å². The van der Waals surface area contributed by atoms with Crippen molar-refractivity contribution in [2.45, 2.75) is 252 Å². The third-order valence-corrected chi connectivity index (χ3v) is 21.1. The standard InChI is InChI=1S/C65H92O21/c1-35-53(67)58(76-11)54(68)60(80-35)86-57-38(4)79-52(33-46(57)75-10)85-56-37(3)78-51(32-45(56)74-9)84-55-36(2)77-50(31-44(55)73-8)82-43-25-26-61(6)42(30-43)24-27-64(71)47(61)34-48(83-49(66)23-22-40-18-14-12-15-19-40)62(7)63(70,28-29-65(62,64)72)39(5)81-59(69)41-20-16-13-17-21-41/h12-24,35-39,43-48,50-58,60,67-68,70-72H,25-34H2,1-11H3/b23-22-/t35-,36-,37-,38-,39+,43+,44+,45+,46-,47-,48-,50+,51+,52+,53+,54-,55-,56-,57-,58+,60+,61+,62-,63+,64+,65-/m1/s1. The highest BCUT2D eigenvalue weighted by molar-refractivity contribution is 5.89. The van der Waals surface area contributed by atoms with Gasteiger partial charge in [0, 0.05) is 59.7 Å². The van der Waals surface area contributed by atoms with Gasteiger partial charge in [0.15, 0.2) is 25.2 Å². The fourth-order valence-corrected chi connectivity index (χ4v) is 16.1. The van der Waals surface area contributed by atoms with Gasteiger partial charge in [-0.25, -0.2) is 9.59 Å². The summed E-state index contributed by atoms with van der Waals surface area (Å²) in [4.78, 5) is 27.5. The van der Waals surface area contributed by atoms with E-state index in [1.807, 2.05) is 57.2 Å². The number of ether oxygens (including phenoxy) is 14. The summed E-state index contributed by atoms with van der Waals surface area (Å²) in [6, 6.07) is 17.8. The summed E-state index contributed by atoms with van der Waals surface area (Å²) >= 11 is 0. The lowest BCUT2D eigenvalue weighted by molar-refractivity contribution is -0.356. The molecule has 0 radical (unpaired) electrons. The summed E-state index contributed by atoms with van der Waals surface area (Å²) in [6.45, 7) is 12.7. The molecule has 5 N–H and O–H groups in total. The fraction of sp³-hybridized carbons (Fsp3) is 0.723. The van der Waals surface area contributed by atoms with E-state index in [1.165, 1.54) is 13.2 Å². The monoisotopic (exact) mass is 1210 g/mol. The van der Waals surface area contributed by atoms with E-state index in [1.54, 1.807) is 78.5 Å². The Morgan fingerprint density at radius 1 is 0.640 bits per heavy atom. The minimum atomic E-state index is -2.00. The summed E-state index contributed by atoms with van der Waals surface area (Å²) in [5.74, 6) is -1.95. The number of esters is 2. The van der Waals surface area contributed by atoms with Gasteiger partial charge in [0.25, 0.3) is 0 Å². The lowest BCUT2D eigenvalue weighted by atomic mass is 9.42. The van der Waals surface area contributed by atoms with Gasteiger partial charge in [0.1, 0.15) is 65.6 Å². The Hall–Kier alpha value is -3.82. The van der Waals surface area contributed by atoms with E-state index in [2.05, 4.69) is 6.92 Å². The van der Waals surface area contributed by atoms with Crippen molar-refractivity contribution in [2.75, 3.05) is 28.4 Å². The number of hydrogen-bond acceptors (Lipinski definition) is 21. The minimum Gasteiger partial charge on any atom is -0.458 e. The second-order valence-electron chi connectivity index (χ2n) is 25.7. The first-order valence-electron chi connectivity index (χ1n) is 30.7. The molecule has 0 spiro atoms. The number of aliphatic hydroxyl groups is 5. The summed E-state index contributed by atoms with van der Waals surface area (Å²) in [5.41, 5.74) is -5.98. The van der Waals surface area contributed by atoms with E-state index in [4.69, 9.17) is 66.3 Å². The molecule has 21 nitrogen and oxygen atoms in total. The van der Waals surface area contributed by atoms with Gasteiger partial charge in [-0.05, 0) is 109 Å². The smallest absolute Gasteiger partial charge is 0.338 e. The Morgan fingerprint density at radius 3 is 1.74 bits per heavy atom. The molecule has 7 fully saturated rings. The van der Waals surface area contributed by atoms with Gasteiger partial charge < -0.3 is 91.8 Å². The van der Waals surface area contributed by atoms with Crippen LogP contribution >= 0.6 is 0 Å². The molecule has 0 amide bonds. The van der Waals surface area contributed by atoms with Crippen molar-refractivity contribution in [1.82, 2.24) is 0 Å². The molecule has 478 valence electrons. The average molecular weight is 1210 g/mol. The van der Waals surface area contributed by atoms with E-state index in [-0.39, 0.29) is 38.2 Å². The Kier molecular flexibility index (Phi) is 19.8. The Labute approximate surface area is 504 Å². The second-order valence-corrected chi connectivity index (χ2v) is 25.7. The normalized spacial score (nSPS) is 45.5. The van der Waals surface area contributed by atoms with Gasteiger partial charge in [-0.1, -0.05) is 74.0 Å². The van der Waals surface area contributed by atoms with Crippen LogP contribution in [-0.4, -0.2) is 206 Å². The van der Waals surface area contributed by atoms with Gasteiger partial charge in [0.2, 0.25) is 0 Å². The van der Waals surface area contributed by atoms with Gasteiger partial charge in [-0.2, -0.15) is 0 Å². The van der Waals surface area contributed by atoms with Gasteiger partial charge in [-0.15, -0.1) is 0 Å². The number of hydrogen-bond donors (Lipinski definition) is 5. The van der Waals surface area contributed by atoms with Gasteiger partial charge >= 0.3 is 11.9 Å². The number of carbonyl (C=O) groups excluding carboxylic acids is 2. The minimum absolute atomic E-state index is 0.0415. The molecule has 4 aliphatic carbocycles. The van der Waals surface area contributed by atoms with Crippen molar-refractivity contribution >= 4 is 18.0 Å². The zero-order chi connectivity index (χ0) is 61.7. The molecule has 86 heavy (non-hydrogen) atoms. The maximum absolute atomic E-state index is 14.0. The predicted octanol–water partition coefficient (Wildman–Crippen LogP) is 5.86. The maximum atomic E-state index is 14.0. The molecule has 26 atom stereocenters. The van der Waals surface area contributed by atoms with Gasteiger partial charge in [-0.3, -0.25) is 0 Å². The van der Waals surface area contributed by atoms with Crippen molar-refractivity contribution in [1.29, 1.82) is 0 Å². The number of rotatable bonds is 18. The first-order chi connectivity index (χ1) is 40.9. The van der Waals surface area contributed by atoms with Crippen LogP contribution in [0.15, 0.2) is 78.4 Å². The summed E-state index contributed by atoms with van der Waals surface area (Å²) in [6.07, 6.45) is -6.48. The van der Waals surface area contributed by atoms with E-state index >= 15 is 0 Å². The molecule has 0 bridgehead atoms. The van der Waals surface area contributed by atoms with Crippen molar-refractivity contribution in [2.24, 2.45) is 16.7 Å². The lowest BCUT2D eigenvalue weighted by Gasteiger charge is -2.67. The second kappa shape index (κ2) is 26.2. The average Bonchev–Trinajstić information content (AvgIpc) is 1.35. The van der Waals surface area contributed by atoms with Crippen molar-refractivity contribution in [3.8, 4) is 0 Å². The van der Waals surface area contributed by atoms with Crippen molar-refractivity contribution in [3.05, 3.63) is 89.5 Å². The van der Waals surface area contributed by atoms with Crippen LogP contribution in [0.4, 0.5) is 0 Å². The fourth-order valence-electron chi connectivity index (χ4n) is 16.1. The van der Waals surface area contributed by atoms with E-state index in [0.717, 1.165) is 11.1 Å². The van der Waals surface area contributed by atoms with Crippen LogP contribution in [-0.2, 0) is 71.1 Å². The Bertz CT molecular complexity index is 2680. The lowest BCUT2D eigenvalue weighted by Crippen LogP contribution is -2.78. The highest BCUT2D eigenvalue weighted by atomic mass is 16.8. The number of fused-ring (bicyclic) bond motifs is 5. The molecule has 2 aromatic carbocycles. The molecular weight excluding hydrogens is 1120 g/mol. The largest absolute Gasteiger partial charge is 0.458 e. The molecule has 10 rings (SSSR count). The first-order valence-corrected chi connectivity index (χ1v) is 30.7. The van der Waals surface area contributed by atoms with Gasteiger partial charge in [0.05, 0.1) is 59.8 Å². The first kappa shape index (κ1) is 65.1. The zero-order valence-electron chi connectivity index (χ0n) is 51.5. The number of aliphatic hydroxyl groups excluding tert-OH is 2. The molecule has 4 heterocycles. The van der Waals surface area contributed by atoms with E-state index in [0.29, 0.717) is 37.7 Å². The van der Waals surface area contributed by atoms with Crippen LogP contribution < -0.4 is 0 Å².